The van der Waals surface area contributed by atoms with Gasteiger partial charge < -0.3 is 14.2 Å². The van der Waals surface area contributed by atoms with Crippen LogP contribution in [0.1, 0.15) is 120 Å². The molecule has 5 nitrogen and oxygen atoms in total. The summed E-state index contributed by atoms with van der Waals surface area (Å²) in [6.45, 7) is 21.0. The number of carbonyl (C=O) groups is 2. The van der Waals surface area contributed by atoms with Crippen molar-refractivity contribution in [2.24, 2.45) is 0 Å². The number of hydrogen-bond donors (Lipinski definition) is 0. The Morgan fingerprint density at radius 3 is 1.43 bits per heavy atom. The van der Waals surface area contributed by atoms with Crippen molar-refractivity contribution in [2.75, 3.05) is 4.90 Å². The van der Waals surface area contributed by atoms with Gasteiger partial charge >= 0.3 is 11.9 Å². The Balaban J connectivity index is 0.00000279. The van der Waals surface area contributed by atoms with Crippen LogP contribution in [-0.2, 0) is 22.1 Å². The van der Waals surface area contributed by atoms with Gasteiger partial charge in [0, 0.05) is 39.2 Å². The molecule has 1 aliphatic rings. The van der Waals surface area contributed by atoms with E-state index in [1.807, 2.05) is 32.0 Å². The van der Waals surface area contributed by atoms with E-state index < -0.39 is 11.9 Å². The molecule has 0 fully saturated rings. The number of ether oxygens (including phenoxy) is 1. The van der Waals surface area contributed by atoms with E-state index in [1.165, 1.54) is 115 Å². The average molecular weight is 1050 g/mol. The highest BCUT2D eigenvalue weighted by Gasteiger charge is 2.31. The van der Waals surface area contributed by atoms with Gasteiger partial charge in [0.25, 0.3) is 0 Å². The summed E-state index contributed by atoms with van der Waals surface area (Å²) < 4.78 is 7.84. The Morgan fingerprint density at radius 1 is 0.395 bits per heavy atom. The number of fused-ring (bicyclic) bond motifs is 6. The Kier molecular flexibility index (Phi) is 10.7. The molecular formula is C76H64N2O3. The Labute approximate surface area is 471 Å². The molecule has 1 aliphatic heterocycles. The molecule has 16 rings (SSSR count). The Bertz CT molecular complexity index is 4930. The molecule has 0 saturated carbocycles. The standard InChI is InChI=1S/C74H58N2O3.C2H6/c1-8-9-10-11-33-75-61-38-48(23-26-54(61)68-55-14-12-13-49-50-27-29-56-70-57(72(78)79-71(56)77)30-28-51(69(50)70)58(67(49)55)39-62(68)75)76(59-31-21-40-15-17-42-34-46(73(2,3)4)36-44-19-24-52(59)65(40)63(42)44)60-32-22-41-16-18-43-35-47(74(5,6)7)37-45-20-25-53(60)66(41)64(43)45;1-2/h12-32,34-39H,8-11,33H2,1-7H3;1-2H3. The number of esters is 2. The largest absolute Gasteiger partial charge is 0.386 e. The first-order chi connectivity index (χ1) is 39.2. The minimum Gasteiger partial charge on any atom is -0.386 e. The van der Waals surface area contributed by atoms with E-state index in [-0.39, 0.29) is 10.8 Å². The predicted molar refractivity (Wildman–Crippen MR) is 345 cm³/mol. The van der Waals surface area contributed by atoms with E-state index in [0.717, 1.165) is 69.8 Å². The molecular weight excluding hydrogens is 989 g/mol. The zero-order valence-corrected chi connectivity index (χ0v) is 47.7. The van der Waals surface area contributed by atoms with E-state index in [0.29, 0.717) is 16.5 Å². The zero-order chi connectivity index (χ0) is 55.5. The second kappa shape index (κ2) is 17.6. The Morgan fingerprint density at radius 2 is 0.877 bits per heavy atom. The topological polar surface area (TPSA) is 51.5 Å². The number of aryl methyl sites for hydroxylation is 1. The fourth-order valence-electron chi connectivity index (χ4n) is 14.3. The van der Waals surface area contributed by atoms with Crippen molar-refractivity contribution >= 4 is 159 Å². The van der Waals surface area contributed by atoms with Gasteiger partial charge in [-0.3, -0.25) is 0 Å². The van der Waals surface area contributed by atoms with E-state index >= 15 is 0 Å². The third-order valence-corrected chi connectivity index (χ3v) is 18.2. The van der Waals surface area contributed by atoms with Gasteiger partial charge in [-0.1, -0.05) is 203 Å². The van der Waals surface area contributed by atoms with Crippen LogP contribution in [0.2, 0.25) is 0 Å². The van der Waals surface area contributed by atoms with Crippen LogP contribution in [-0.4, -0.2) is 16.5 Å². The highest BCUT2D eigenvalue weighted by Crippen LogP contribution is 2.52. The number of benzene rings is 14. The second-order valence-corrected chi connectivity index (χ2v) is 24.9. The van der Waals surface area contributed by atoms with Crippen LogP contribution >= 0.6 is 0 Å². The summed E-state index contributed by atoms with van der Waals surface area (Å²) in [5, 5.41) is 26.0. The number of aromatic nitrogens is 1. The van der Waals surface area contributed by atoms with E-state index in [1.54, 1.807) is 0 Å². The van der Waals surface area contributed by atoms with Crippen LogP contribution in [0.5, 0.6) is 0 Å². The molecule has 0 atom stereocenters. The van der Waals surface area contributed by atoms with Crippen LogP contribution in [0, 0.1) is 0 Å². The summed E-state index contributed by atoms with van der Waals surface area (Å²) in [6.07, 6.45) is 4.51. The molecule has 0 spiro atoms. The van der Waals surface area contributed by atoms with Gasteiger partial charge in [0.05, 0.1) is 33.5 Å². The quantitative estimate of drug-likeness (QED) is 0.0500. The number of unbranched alkanes of at least 4 members (excludes halogenated alkanes) is 3. The molecule has 0 radical (unpaired) electrons. The normalized spacial score (nSPS) is 13.4. The highest BCUT2D eigenvalue weighted by molar-refractivity contribution is 6.41. The fraction of sp³-hybridized carbons (Fsp3) is 0.211. The first-order valence-corrected chi connectivity index (χ1v) is 29.4. The van der Waals surface area contributed by atoms with Crippen molar-refractivity contribution in [3.05, 3.63) is 186 Å². The molecule has 0 saturated heterocycles. The number of rotatable bonds is 8. The molecule has 14 aromatic carbocycles. The molecule has 2 heterocycles. The third kappa shape index (κ3) is 7.03. The van der Waals surface area contributed by atoms with E-state index in [2.05, 4.69) is 204 Å². The maximum absolute atomic E-state index is 13.3. The zero-order valence-electron chi connectivity index (χ0n) is 47.7. The van der Waals surface area contributed by atoms with Crippen LogP contribution in [0.25, 0.3) is 130 Å². The van der Waals surface area contributed by atoms with Crippen molar-refractivity contribution in [3.63, 3.8) is 0 Å². The fourth-order valence-corrected chi connectivity index (χ4v) is 14.3. The molecule has 5 heteroatoms. The number of hydrogen-bond acceptors (Lipinski definition) is 4. The first-order valence-electron chi connectivity index (χ1n) is 29.4. The lowest BCUT2D eigenvalue weighted by molar-refractivity contribution is 0.0391. The molecule has 0 bridgehead atoms. The summed E-state index contributed by atoms with van der Waals surface area (Å²) in [6, 6.07) is 61.9. The number of nitrogens with zero attached hydrogens (tertiary/aromatic N) is 2. The lowest BCUT2D eigenvalue weighted by atomic mass is 9.83. The molecule has 15 aromatic rings. The molecule has 396 valence electrons. The Hall–Kier alpha value is -8.80. The second-order valence-electron chi connectivity index (χ2n) is 24.9. The van der Waals surface area contributed by atoms with E-state index in [4.69, 9.17) is 4.74 Å². The molecule has 81 heavy (non-hydrogen) atoms. The smallest absolute Gasteiger partial charge is 0.346 e. The molecule has 0 aliphatic carbocycles. The van der Waals surface area contributed by atoms with Crippen molar-refractivity contribution in [1.82, 2.24) is 4.57 Å². The molecule has 0 unspecified atom stereocenters. The van der Waals surface area contributed by atoms with E-state index in [9.17, 15) is 9.59 Å². The first kappa shape index (κ1) is 49.3. The minimum absolute atomic E-state index is 0.0113. The van der Waals surface area contributed by atoms with Gasteiger partial charge in [0.15, 0.2) is 0 Å². The molecule has 0 amide bonds. The summed E-state index contributed by atoms with van der Waals surface area (Å²) >= 11 is 0. The maximum Gasteiger partial charge on any atom is 0.346 e. The molecule has 0 N–H and O–H groups in total. The average Bonchev–Trinajstić information content (AvgIpc) is 4.00. The monoisotopic (exact) mass is 1050 g/mol. The highest BCUT2D eigenvalue weighted by atomic mass is 16.6. The third-order valence-electron chi connectivity index (χ3n) is 18.2. The van der Waals surface area contributed by atoms with Gasteiger partial charge in [-0.05, 0) is 162 Å². The van der Waals surface area contributed by atoms with Gasteiger partial charge in [-0.25, -0.2) is 9.59 Å². The number of carbonyl (C=O) groups excluding carboxylic acids is 2. The summed E-state index contributed by atoms with van der Waals surface area (Å²) in [5.41, 5.74) is 9.33. The van der Waals surface area contributed by atoms with Crippen LogP contribution in [0.3, 0.4) is 0 Å². The van der Waals surface area contributed by atoms with Crippen LogP contribution in [0.15, 0.2) is 164 Å². The summed E-state index contributed by atoms with van der Waals surface area (Å²) in [7, 11) is 0. The van der Waals surface area contributed by atoms with Crippen molar-refractivity contribution in [2.45, 2.75) is 105 Å². The molecule has 1 aromatic heterocycles. The van der Waals surface area contributed by atoms with Gasteiger partial charge in [0.2, 0.25) is 0 Å². The van der Waals surface area contributed by atoms with Crippen LogP contribution in [0.4, 0.5) is 17.1 Å². The SMILES string of the molecule is CC.CCCCCCn1c2cc(N(c3ccc4ccc5cc(C(C)(C)C)cc6ccc3c4c56)c3ccc4ccc5cc(C(C)(C)C)cc6ccc3c4c56)ccc2c2c3cccc4c5ccc6c7c(ccc(c(cc21)c43)c75)C(=O)OC6=O. The summed E-state index contributed by atoms with van der Waals surface area (Å²) in [4.78, 5) is 29.1. The predicted octanol–water partition coefficient (Wildman–Crippen LogP) is 21.6. The summed E-state index contributed by atoms with van der Waals surface area (Å²) in [5.74, 6) is -1.18. The van der Waals surface area contributed by atoms with Crippen LogP contribution < -0.4 is 4.90 Å². The maximum atomic E-state index is 13.3. The van der Waals surface area contributed by atoms with Crippen molar-refractivity contribution < 1.29 is 14.3 Å². The lowest BCUT2D eigenvalue weighted by Crippen LogP contribution is -2.19. The lowest BCUT2D eigenvalue weighted by Gasteiger charge is -2.30. The van der Waals surface area contributed by atoms with Crippen molar-refractivity contribution in [1.29, 1.82) is 0 Å². The van der Waals surface area contributed by atoms with Crippen molar-refractivity contribution in [3.8, 4) is 0 Å². The number of anilines is 3. The van der Waals surface area contributed by atoms with Gasteiger partial charge in [-0.2, -0.15) is 0 Å². The van der Waals surface area contributed by atoms with Gasteiger partial charge in [0.1, 0.15) is 0 Å². The number of cyclic esters (lactones) is 2. The minimum atomic E-state index is -0.591. The van der Waals surface area contributed by atoms with Gasteiger partial charge in [-0.15, -0.1) is 0 Å².